The Morgan fingerprint density at radius 3 is 2.26 bits per heavy atom. The van der Waals surface area contributed by atoms with Gasteiger partial charge in [-0.15, -0.1) is 0 Å². The number of fused-ring (bicyclic) bond motifs is 1. The molecule has 170 valence electrons. The van der Waals surface area contributed by atoms with Gasteiger partial charge in [0, 0.05) is 5.56 Å². The van der Waals surface area contributed by atoms with Gasteiger partial charge in [0.1, 0.15) is 11.5 Å². The smallest absolute Gasteiger partial charge is 0.343 e. The zero-order chi connectivity index (χ0) is 23.9. The summed E-state index contributed by atoms with van der Waals surface area (Å²) in [6, 6.07) is 25.8. The fraction of sp³-hybridized carbons (Fsp3) is 0.107. The van der Waals surface area contributed by atoms with E-state index in [-0.39, 0.29) is 6.61 Å². The van der Waals surface area contributed by atoms with Crippen LogP contribution in [0, 0.1) is 13.8 Å². The van der Waals surface area contributed by atoms with Crippen molar-refractivity contribution in [3.63, 3.8) is 0 Å². The predicted molar refractivity (Wildman–Crippen MR) is 132 cm³/mol. The van der Waals surface area contributed by atoms with E-state index in [1.807, 2.05) is 68.4 Å². The molecule has 0 spiro atoms. The molecule has 0 heterocycles. The molecule has 4 aromatic carbocycles. The molecular weight excluding hydrogens is 428 g/mol. The molecule has 0 aliphatic carbocycles. The molecule has 0 fully saturated rings. The average Bonchev–Trinajstić information content (AvgIpc) is 2.85. The van der Waals surface area contributed by atoms with E-state index >= 15 is 0 Å². The maximum Gasteiger partial charge on any atom is 0.343 e. The van der Waals surface area contributed by atoms with Gasteiger partial charge < -0.3 is 9.47 Å². The Bertz CT molecular complexity index is 1340. The van der Waals surface area contributed by atoms with Crippen LogP contribution in [0.15, 0.2) is 90.0 Å². The van der Waals surface area contributed by atoms with Crippen LogP contribution in [-0.4, -0.2) is 24.7 Å². The summed E-state index contributed by atoms with van der Waals surface area (Å²) in [4.78, 5) is 24.9. The Hall–Kier alpha value is -4.45. The molecule has 4 aromatic rings. The van der Waals surface area contributed by atoms with Gasteiger partial charge in [-0.3, -0.25) is 4.79 Å². The van der Waals surface area contributed by atoms with Crippen molar-refractivity contribution in [2.45, 2.75) is 13.8 Å². The summed E-state index contributed by atoms with van der Waals surface area (Å²) in [5.41, 5.74) is 5.65. The maximum atomic E-state index is 12.7. The number of nitrogens with one attached hydrogen (secondary N) is 1. The van der Waals surface area contributed by atoms with Crippen LogP contribution >= 0.6 is 0 Å². The zero-order valence-electron chi connectivity index (χ0n) is 18.9. The fourth-order valence-electron chi connectivity index (χ4n) is 3.33. The molecule has 0 aliphatic heterocycles. The number of carbonyl (C=O) groups is 2. The van der Waals surface area contributed by atoms with Crippen molar-refractivity contribution in [1.29, 1.82) is 0 Å². The van der Waals surface area contributed by atoms with Crippen LogP contribution in [0.4, 0.5) is 0 Å². The molecule has 1 amide bonds. The van der Waals surface area contributed by atoms with Crippen molar-refractivity contribution < 1.29 is 19.1 Å². The molecule has 0 radical (unpaired) electrons. The van der Waals surface area contributed by atoms with Crippen LogP contribution in [0.25, 0.3) is 10.8 Å². The SMILES string of the molecule is Cc1ccc(OCC(=O)N/N=C\c2c(OC(=O)c3ccc(C)cc3)ccc3ccccc23)cc1. The highest BCUT2D eigenvalue weighted by Gasteiger charge is 2.13. The van der Waals surface area contributed by atoms with Crippen molar-refractivity contribution >= 4 is 28.9 Å². The van der Waals surface area contributed by atoms with Crippen LogP contribution < -0.4 is 14.9 Å². The molecule has 0 aromatic heterocycles. The Balaban J connectivity index is 1.50. The molecule has 34 heavy (non-hydrogen) atoms. The summed E-state index contributed by atoms with van der Waals surface area (Å²) in [5, 5.41) is 5.86. The van der Waals surface area contributed by atoms with Crippen LogP contribution in [0.1, 0.15) is 27.0 Å². The largest absolute Gasteiger partial charge is 0.484 e. The molecular formula is C28H24N2O4. The summed E-state index contributed by atoms with van der Waals surface area (Å²) in [6.07, 6.45) is 1.48. The number of rotatable bonds is 7. The van der Waals surface area contributed by atoms with E-state index in [9.17, 15) is 9.59 Å². The van der Waals surface area contributed by atoms with Gasteiger partial charge in [-0.1, -0.05) is 65.7 Å². The Labute approximate surface area is 197 Å². The zero-order valence-corrected chi connectivity index (χ0v) is 18.9. The number of carbonyl (C=O) groups excluding carboxylic acids is 2. The number of hydrazone groups is 1. The van der Waals surface area contributed by atoms with Gasteiger partial charge in [0.2, 0.25) is 0 Å². The topological polar surface area (TPSA) is 77.0 Å². The number of amides is 1. The van der Waals surface area contributed by atoms with Gasteiger partial charge in [-0.25, -0.2) is 10.2 Å². The number of nitrogens with zero attached hydrogens (tertiary/aromatic N) is 1. The lowest BCUT2D eigenvalue weighted by Crippen LogP contribution is -2.24. The van der Waals surface area contributed by atoms with Crippen LogP contribution in [-0.2, 0) is 4.79 Å². The minimum atomic E-state index is -0.472. The summed E-state index contributed by atoms with van der Waals surface area (Å²) >= 11 is 0. The lowest BCUT2D eigenvalue weighted by Gasteiger charge is -2.11. The molecule has 6 nitrogen and oxygen atoms in total. The van der Waals surface area contributed by atoms with E-state index in [0.717, 1.165) is 21.9 Å². The lowest BCUT2D eigenvalue weighted by molar-refractivity contribution is -0.123. The molecule has 4 rings (SSSR count). The number of ether oxygens (including phenoxy) is 2. The Kier molecular flexibility index (Phi) is 6.98. The third kappa shape index (κ3) is 5.66. The van der Waals surface area contributed by atoms with E-state index in [0.29, 0.717) is 22.6 Å². The van der Waals surface area contributed by atoms with Crippen molar-refractivity contribution in [2.24, 2.45) is 5.10 Å². The Morgan fingerprint density at radius 1 is 0.853 bits per heavy atom. The summed E-state index contributed by atoms with van der Waals surface area (Å²) in [7, 11) is 0. The standard InChI is InChI=1S/C28H24N2O4/c1-19-7-11-22(12-8-19)28(32)34-26-16-13-21-5-3-4-6-24(21)25(26)17-29-30-27(31)18-33-23-14-9-20(2)10-15-23/h3-17H,18H2,1-2H3,(H,30,31)/b29-17-. The monoisotopic (exact) mass is 452 g/mol. The third-order valence-corrected chi connectivity index (χ3v) is 5.19. The molecule has 0 unspecified atom stereocenters. The Morgan fingerprint density at radius 2 is 1.53 bits per heavy atom. The minimum Gasteiger partial charge on any atom is -0.484 e. The first-order valence-corrected chi connectivity index (χ1v) is 10.8. The van der Waals surface area contributed by atoms with E-state index in [2.05, 4.69) is 10.5 Å². The number of esters is 1. The van der Waals surface area contributed by atoms with Crippen molar-refractivity contribution in [1.82, 2.24) is 5.43 Å². The van der Waals surface area contributed by atoms with Crippen LogP contribution in [0.5, 0.6) is 11.5 Å². The highest BCUT2D eigenvalue weighted by atomic mass is 16.5. The second kappa shape index (κ2) is 10.4. The van der Waals surface area contributed by atoms with Gasteiger partial charge in [0.15, 0.2) is 6.61 Å². The van der Waals surface area contributed by atoms with Gasteiger partial charge in [-0.2, -0.15) is 5.10 Å². The van der Waals surface area contributed by atoms with E-state index in [4.69, 9.17) is 9.47 Å². The number of hydrogen-bond donors (Lipinski definition) is 1. The van der Waals surface area contributed by atoms with Gasteiger partial charge in [0.05, 0.1) is 11.8 Å². The van der Waals surface area contributed by atoms with E-state index in [1.54, 1.807) is 30.3 Å². The first kappa shape index (κ1) is 22.7. The average molecular weight is 453 g/mol. The number of hydrogen-bond acceptors (Lipinski definition) is 5. The van der Waals surface area contributed by atoms with Crippen LogP contribution in [0.2, 0.25) is 0 Å². The number of benzene rings is 4. The van der Waals surface area contributed by atoms with Gasteiger partial charge in [0.25, 0.3) is 5.91 Å². The molecule has 0 bridgehead atoms. The molecule has 1 N–H and O–H groups in total. The fourth-order valence-corrected chi connectivity index (χ4v) is 3.33. The molecule has 6 heteroatoms. The first-order chi connectivity index (χ1) is 16.5. The summed E-state index contributed by atoms with van der Waals surface area (Å²) in [6.45, 7) is 3.75. The van der Waals surface area contributed by atoms with Gasteiger partial charge in [-0.05, 0) is 55.0 Å². The van der Waals surface area contributed by atoms with Gasteiger partial charge >= 0.3 is 5.97 Å². The van der Waals surface area contributed by atoms with E-state index < -0.39 is 11.9 Å². The van der Waals surface area contributed by atoms with Crippen molar-refractivity contribution in [3.8, 4) is 11.5 Å². The quantitative estimate of drug-likeness (QED) is 0.181. The molecule has 0 aliphatic rings. The second-order valence-electron chi connectivity index (χ2n) is 7.85. The third-order valence-electron chi connectivity index (χ3n) is 5.19. The maximum absolute atomic E-state index is 12.7. The highest BCUT2D eigenvalue weighted by molar-refractivity contribution is 6.04. The van der Waals surface area contributed by atoms with Crippen LogP contribution in [0.3, 0.4) is 0 Å². The van der Waals surface area contributed by atoms with E-state index in [1.165, 1.54) is 6.21 Å². The predicted octanol–water partition coefficient (Wildman–Crippen LogP) is 5.20. The minimum absolute atomic E-state index is 0.175. The second-order valence-corrected chi connectivity index (χ2v) is 7.85. The molecule has 0 saturated carbocycles. The molecule has 0 atom stereocenters. The van der Waals surface area contributed by atoms with Crippen molar-refractivity contribution in [2.75, 3.05) is 6.61 Å². The summed E-state index contributed by atoms with van der Waals surface area (Å²) < 4.78 is 11.2. The summed E-state index contributed by atoms with van der Waals surface area (Å²) in [5.74, 6) is 0.0676. The first-order valence-electron chi connectivity index (χ1n) is 10.8. The number of aryl methyl sites for hydroxylation is 2. The highest BCUT2D eigenvalue weighted by Crippen LogP contribution is 2.27. The van der Waals surface area contributed by atoms with Crippen molar-refractivity contribution in [3.05, 3.63) is 107 Å². The lowest BCUT2D eigenvalue weighted by atomic mass is 10.0. The normalized spacial score (nSPS) is 10.9. The molecule has 0 saturated heterocycles.